The summed E-state index contributed by atoms with van der Waals surface area (Å²) in [5, 5.41) is 21.7. The van der Waals surface area contributed by atoms with Crippen LogP contribution in [0, 0.1) is 0 Å². The van der Waals surface area contributed by atoms with Crippen molar-refractivity contribution in [3.05, 3.63) is 52.2 Å². The molecule has 2 aromatic carbocycles. The van der Waals surface area contributed by atoms with E-state index >= 15 is 0 Å². The average Bonchev–Trinajstić information content (AvgIpc) is 2.73. The summed E-state index contributed by atoms with van der Waals surface area (Å²) >= 11 is 0. The number of ether oxygens (including phenoxy) is 1. The van der Waals surface area contributed by atoms with Gasteiger partial charge in [0, 0.05) is 44.4 Å². The van der Waals surface area contributed by atoms with Crippen molar-refractivity contribution in [1.29, 1.82) is 0 Å². The van der Waals surface area contributed by atoms with Crippen LogP contribution in [0.2, 0.25) is 0 Å². The van der Waals surface area contributed by atoms with E-state index in [1.807, 2.05) is 30.3 Å². The summed E-state index contributed by atoms with van der Waals surface area (Å²) in [5.74, 6) is -0.0702. The Bertz CT molecular complexity index is 1090. The summed E-state index contributed by atoms with van der Waals surface area (Å²) < 4.78 is 11.3. The maximum Gasteiger partial charge on any atom is 0.205 e. The first-order chi connectivity index (χ1) is 14.0. The number of benzene rings is 2. The van der Waals surface area contributed by atoms with Crippen LogP contribution in [0.15, 0.2) is 45.6 Å². The molecule has 0 bridgehead atoms. The predicted octanol–water partition coefficient (Wildman–Crippen LogP) is 2.63. The van der Waals surface area contributed by atoms with Crippen LogP contribution in [0.1, 0.15) is 5.56 Å². The molecule has 2 heterocycles. The zero-order valence-electron chi connectivity index (χ0n) is 16.5. The molecule has 0 spiro atoms. The molecule has 1 aliphatic heterocycles. The summed E-state index contributed by atoms with van der Waals surface area (Å²) in [5.41, 5.74) is 0.643. The molecule has 29 heavy (non-hydrogen) atoms. The van der Waals surface area contributed by atoms with Gasteiger partial charge in [0.25, 0.3) is 0 Å². The second-order valence-corrected chi connectivity index (χ2v) is 7.33. The molecule has 1 aliphatic rings. The average molecular weight is 396 g/mol. The zero-order chi connectivity index (χ0) is 20.5. The molecular formula is C22H24N2O5. The molecule has 1 saturated heterocycles. The Morgan fingerprint density at radius 3 is 2.41 bits per heavy atom. The summed E-state index contributed by atoms with van der Waals surface area (Å²) in [6.07, 6.45) is 0. The number of nitrogens with zero attached hydrogens (tertiary/aromatic N) is 2. The number of phenolic OH excluding ortho intramolecular Hbond substituents is 2. The van der Waals surface area contributed by atoms with Gasteiger partial charge >= 0.3 is 0 Å². The fourth-order valence-electron chi connectivity index (χ4n) is 3.70. The molecule has 2 N–H and O–H groups in total. The Balaban J connectivity index is 1.85. The number of hydrogen-bond donors (Lipinski definition) is 2. The van der Waals surface area contributed by atoms with Crippen molar-refractivity contribution in [2.45, 2.75) is 6.54 Å². The van der Waals surface area contributed by atoms with Crippen molar-refractivity contribution in [3.8, 4) is 28.6 Å². The third kappa shape index (κ3) is 3.54. The Kier molecular flexibility index (Phi) is 5.17. The van der Waals surface area contributed by atoms with Crippen LogP contribution >= 0.6 is 0 Å². The van der Waals surface area contributed by atoms with Crippen LogP contribution in [-0.2, 0) is 6.54 Å². The number of hydrogen-bond acceptors (Lipinski definition) is 7. The second-order valence-electron chi connectivity index (χ2n) is 7.33. The highest BCUT2D eigenvalue weighted by Gasteiger charge is 2.26. The van der Waals surface area contributed by atoms with Gasteiger partial charge in [0.05, 0.1) is 12.7 Å². The first-order valence-corrected chi connectivity index (χ1v) is 9.54. The lowest BCUT2D eigenvalue weighted by atomic mass is 10.0. The fourth-order valence-corrected chi connectivity index (χ4v) is 3.70. The molecule has 4 rings (SSSR count). The SMILES string of the molecule is COc1c(O)c(CN2CCN(C)CC2)c(O)c2c(=O)cc(-c3ccccc3)oc12. The Hall–Kier alpha value is -3.03. The number of methoxy groups -OCH3 is 1. The van der Waals surface area contributed by atoms with Gasteiger partial charge in [-0.2, -0.15) is 0 Å². The van der Waals surface area contributed by atoms with Crippen molar-refractivity contribution in [2.24, 2.45) is 0 Å². The quantitative estimate of drug-likeness (QED) is 0.701. The maximum absolute atomic E-state index is 12.9. The molecule has 3 aromatic rings. The van der Waals surface area contributed by atoms with E-state index in [2.05, 4.69) is 16.8 Å². The van der Waals surface area contributed by atoms with Crippen LogP contribution in [0.25, 0.3) is 22.3 Å². The highest BCUT2D eigenvalue weighted by atomic mass is 16.5. The smallest absolute Gasteiger partial charge is 0.205 e. The van der Waals surface area contributed by atoms with Crippen molar-refractivity contribution < 1.29 is 19.4 Å². The van der Waals surface area contributed by atoms with Gasteiger partial charge in [-0.25, -0.2) is 0 Å². The standard InChI is InChI=1S/C22H24N2O5/c1-23-8-10-24(11-9-23)13-15-19(26)18-16(25)12-17(14-6-4-3-5-7-14)29-21(18)22(28-2)20(15)27/h3-7,12,26-27H,8-11,13H2,1-2H3. The molecule has 7 heteroatoms. The first kappa shape index (κ1) is 19.3. The third-order valence-corrected chi connectivity index (χ3v) is 5.42. The molecule has 1 fully saturated rings. The van der Waals surface area contributed by atoms with E-state index < -0.39 is 0 Å². The number of aromatic hydroxyl groups is 2. The highest BCUT2D eigenvalue weighted by Crippen LogP contribution is 2.45. The number of phenols is 2. The molecule has 152 valence electrons. The lowest BCUT2D eigenvalue weighted by molar-refractivity contribution is 0.146. The number of likely N-dealkylation sites (N-methyl/N-ethyl adjacent to an activating group) is 1. The second kappa shape index (κ2) is 7.77. The van der Waals surface area contributed by atoms with E-state index in [4.69, 9.17) is 9.15 Å². The van der Waals surface area contributed by atoms with Gasteiger partial charge in [-0.3, -0.25) is 9.69 Å². The lowest BCUT2D eigenvalue weighted by Gasteiger charge is -2.32. The summed E-state index contributed by atoms with van der Waals surface area (Å²) in [7, 11) is 3.46. The monoisotopic (exact) mass is 396 g/mol. The molecule has 0 aliphatic carbocycles. The molecule has 0 unspecified atom stereocenters. The third-order valence-electron chi connectivity index (χ3n) is 5.42. The minimum atomic E-state index is -0.388. The van der Waals surface area contributed by atoms with E-state index in [0.717, 1.165) is 26.2 Å². The van der Waals surface area contributed by atoms with Gasteiger partial charge in [0.1, 0.15) is 16.9 Å². The van der Waals surface area contributed by atoms with Gasteiger partial charge in [0.2, 0.25) is 5.75 Å². The van der Waals surface area contributed by atoms with Gasteiger partial charge in [-0.05, 0) is 7.05 Å². The Morgan fingerprint density at radius 2 is 1.76 bits per heavy atom. The molecule has 0 radical (unpaired) electrons. The molecule has 1 aromatic heterocycles. The Morgan fingerprint density at radius 1 is 1.07 bits per heavy atom. The van der Waals surface area contributed by atoms with Gasteiger partial charge < -0.3 is 24.3 Å². The number of rotatable bonds is 4. The van der Waals surface area contributed by atoms with Crippen LogP contribution in [0.5, 0.6) is 17.2 Å². The minimum absolute atomic E-state index is 0.0171. The molecule has 0 saturated carbocycles. The van der Waals surface area contributed by atoms with Gasteiger partial charge in [-0.15, -0.1) is 0 Å². The Labute approximate surface area is 168 Å². The lowest BCUT2D eigenvalue weighted by Crippen LogP contribution is -2.43. The van der Waals surface area contributed by atoms with Crippen molar-refractivity contribution in [3.63, 3.8) is 0 Å². The van der Waals surface area contributed by atoms with E-state index in [1.54, 1.807) is 0 Å². The predicted molar refractivity (Wildman–Crippen MR) is 111 cm³/mol. The zero-order valence-corrected chi connectivity index (χ0v) is 16.5. The van der Waals surface area contributed by atoms with Gasteiger partial charge in [-0.1, -0.05) is 30.3 Å². The minimum Gasteiger partial charge on any atom is -0.507 e. The van der Waals surface area contributed by atoms with Crippen LogP contribution in [0.4, 0.5) is 0 Å². The van der Waals surface area contributed by atoms with Crippen molar-refractivity contribution >= 4 is 11.0 Å². The molecule has 0 amide bonds. The van der Waals surface area contributed by atoms with E-state index in [1.165, 1.54) is 13.2 Å². The summed E-state index contributed by atoms with van der Waals surface area (Å²) in [6.45, 7) is 3.72. The molecule has 7 nitrogen and oxygen atoms in total. The van der Waals surface area contributed by atoms with E-state index in [9.17, 15) is 15.0 Å². The maximum atomic E-state index is 12.9. The van der Waals surface area contributed by atoms with Crippen LogP contribution < -0.4 is 10.2 Å². The van der Waals surface area contributed by atoms with Crippen LogP contribution in [-0.4, -0.2) is 60.3 Å². The molecule has 0 atom stereocenters. The normalized spacial score (nSPS) is 15.7. The van der Waals surface area contributed by atoms with E-state index in [0.29, 0.717) is 17.9 Å². The molecular weight excluding hydrogens is 372 g/mol. The van der Waals surface area contributed by atoms with Crippen LogP contribution in [0.3, 0.4) is 0 Å². The van der Waals surface area contributed by atoms with Gasteiger partial charge in [0.15, 0.2) is 16.8 Å². The number of piperazine rings is 1. The first-order valence-electron chi connectivity index (χ1n) is 9.54. The topological polar surface area (TPSA) is 86.4 Å². The van der Waals surface area contributed by atoms with E-state index in [-0.39, 0.29) is 39.2 Å². The number of fused-ring (bicyclic) bond motifs is 1. The van der Waals surface area contributed by atoms with Crippen molar-refractivity contribution in [1.82, 2.24) is 9.80 Å². The summed E-state index contributed by atoms with van der Waals surface area (Å²) in [4.78, 5) is 17.2. The largest absolute Gasteiger partial charge is 0.507 e. The highest BCUT2D eigenvalue weighted by molar-refractivity contribution is 5.93. The summed E-state index contributed by atoms with van der Waals surface area (Å²) in [6, 6.07) is 10.5. The van der Waals surface area contributed by atoms with Crippen molar-refractivity contribution in [2.75, 3.05) is 40.3 Å². The fraction of sp³-hybridized carbons (Fsp3) is 0.318.